The molecule has 0 amide bonds. The number of rotatable bonds is 10. The maximum absolute atomic E-state index is 12.8. The summed E-state index contributed by atoms with van der Waals surface area (Å²) in [6, 6.07) is 3.55. The van der Waals surface area contributed by atoms with E-state index in [1.54, 1.807) is 24.1 Å². The predicted octanol–water partition coefficient (Wildman–Crippen LogP) is 4.18. The van der Waals surface area contributed by atoms with Gasteiger partial charge in [-0.25, -0.2) is 9.59 Å². The SMILES string of the molecule is CCCc1cc(C(=O)OCC)cc(CCC)c1C(=O)ON(CC)CC. The Bertz CT molecular complexity index is 552. The van der Waals surface area contributed by atoms with E-state index in [2.05, 4.69) is 13.8 Å². The van der Waals surface area contributed by atoms with Gasteiger partial charge in [-0.1, -0.05) is 26.7 Å². The highest BCUT2D eigenvalue weighted by atomic mass is 16.7. The lowest BCUT2D eigenvalue weighted by Gasteiger charge is -2.20. The fraction of sp³-hybridized carbons (Fsp3) is 0.600. The molecule has 140 valence electrons. The molecule has 25 heavy (non-hydrogen) atoms. The zero-order chi connectivity index (χ0) is 18.8. The van der Waals surface area contributed by atoms with Gasteiger partial charge in [-0.15, -0.1) is 5.06 Å². The molecule has 0 atom stereocenters. The number of ether oxygens (including phenoxy) is 1. The van der Waals surface area contributed by atoms with Gasteiger partial charge in [0.15, 0.2) is 0 Å². The quantitative estimate of drug-likeness (QED) is 0.468. The van der Waals surface area contributed by atoms with Gasteiger partial charge in [0.1, 0.15) is 0 Å². The third-order valence-corrected chi connectivity index (χ3v) is 3.97. The van der Waals surface area contributed by atoms with Crippen LogP contribution in [0.5, 0.6) is 0 Å². The van der Waals surface area contributed by atoms with Crippen molar-refractivity contribution in [2.24, 2.45) is 0 Å². The number of aryl methyl sites for hydroxylation is 2. The molecule has 0 saturated heterocycles. The first-order valence-corrected chi connectivity index (χ1v) is 9.32. The van der Waals surface area contributed by atoms with Crippen LogP contribution in [0.15, 0.2) is 12.1 Å². The minimum atomic E-state index is -0.346. The maximum atomic E-state index is 12.8. The molecule has 0 unspecified atom stereocenters. The Morgan fingerprint density at radius 3 is 1.80 bits per heavy atom. The maximum Gasteiger partial charge on any atom is 0.357 e. The summed E-state index contributed by atoms with van der Waals surface area (Å²) in [6.07, 6.45) is 3.19. The van der Waals surface area contributed by atoms with Crippen molar-refractivity contribution in [3.05, 3.63) is 34.4 Å². The van der Waals surface area contributed by atoms with Crippen LogP contribution < -0.4 is 0 Å². The van der Waals surface area contributed by atoms with Crippen LogP contribution in [-0.2, 0) is 22.4 Å². The molecule has 0 radical (unpaired) electrons. The van der Waals surface area contributed by atoms with Crippen molar-refractivity contribution in [1.82, 2.24) is 5.06 Å². The summed E-state index contributed by atoms with van der Waals surface area (Å²) in [5, 5.41) is 1.63. The zero-order valence-corrected chi connectivity index (χ0v) is 16.2. The lowest BCUT2D eigenvalue weighted by atomic mass is 9.92. The first-order valence-electron chi connectivity index (χ1n) is 9.32. The third-order valence-electron chi connectivity index (χ3n) is 3.97. The molecule has 5 heteroatoms. The van der Waals surface area contributed by atoms with Crippen LogP contribution in [0.1, 0.15) is 79.3 Å². The molecule has 1 rings (SSSR count). The fourth-order valence-electron chi connectivity index (χ4n) is 2.81. The zero-order valence-electron chi connectivity index (χ0n) is 16.2. The highest BCUT2D eigenvalue weighted by Crippen LogP contribution is 2.23. The first-order chi connectivity index (χ1) is 12.0. The number of hydroxylamine groups is 2. The van der Waals surface area contributed by atoms with Crippen molar-refractivity contribution in [2.45, 2.75) is 60.3 Å². The summed E-state index contributed by atoms with van der Waals surface area (Å²) >= 11 is 0. The van der Waals surface area contributed by atoms with E-state index in [1.165, 1.54) is 0 Å². The van der Waals surface area contributed by atoms with Gasteiger partial charge in [0.25, 0.3) is 0 Å². The molecular weight excluding hydrogens is 318 g/mol. The van der Waals surface area contributed by atoms with Crippen molar-refractivity contribution in [1.29, 1.82) is 0 Å². The van der Waals surface area contributed by atoms with E-state index in [4.69, 9.17) is 9.57 Å². The minimum absolute atomic E-state index is 0.330. The van der Waals surface area contributed by atoms with Crippen molar-refractivity contribution in [2.75, 3.05) is 19.7 Å². The molecule has 0 aromatic heterocycles. The lowest BCUT2D eigenvalue weighted by Crippen LogP contribution is -2.28. The summed E-state index contributed by atoms with van der Waals surface area (Å²) < 4.78 is 5.13. The Balaban J connectivity index is 3.36. The monoisotopic (exact) mass is 349 g/mol. The van der Waals surface area contributed by atoms with Crippen LogP contribution in [0.2, 0.25) is 0 Å². The average molecular weight is 349 g/mol. The number of hydrogen-bond donors (Lipinski definition) is 0. The summed E-state index contributed by atoms with van der Waals surface area (Å²) in [5.41, 5.74) is 2.82. The normalized spacial score (nSPS) is 10.8. The van der Waals surface area contributed by atoms with Crippen molar-refractivity contribution >= 4 is 11.9 Å². The first kappa shape index (κ1) is 21.2. The average Bonchev–Trinajstić information content (AvgIpc) is 2.60. The van der Waals surface area contributed by atoms with Gasteiger partial charge in [-0.05, 0) is 56.9 Å². The molecule has 0 bridgehead atoms. The standard InChI is InChI=1S/C20H31NO4/c1-6-11-15-13-17(19(22)24-10-5)14-16(12-7-2)18(15)20(23)25-21(8-3)9-4/h13-14H,6-12H2,1-5H3. The van der Waals surface area contributed by atoms with Gasteiger partial charge in [-0.3, -0.25) is 0 Å². The van der Waals surface area contributed by atoms with Crippen molar-refractivity contribution in [3.8, 4) is 0 Å². The van der Waals surface area contributed by atoms with E-state index < -0.39 is 0 Å². The molecule has 0 aliphatic heterocycles. The Kier molecular flexibility index (Phi) is 9.21. The van der Waals surface area contributed by atoms with Crippen LogP contribution in [0, 0.1) is 0 Å². The van der Waals surface area contributed by atoms with Crippen molar-refractivity contribution in [3.63, 3.8) is 0 Å². The van der Waals surface area contributed by atoms with Crippen LogP contribution >= 0.6 is 0 Å². The molecule has 0 heterocycles. The lowest BCUT2D eigenvalue weighted by molar-refractivity contribution is -0.103. The van der Waals surface area contributed by atoms with Gasteiger partial charge in [0.05, 0.1) is 17.7 Å². The number of hydrogen-bond acceptors (Lipinski definition) is 5. The van der Waals surface area contributed by atoms with E-state index in [-0.39, 0.29) is 11.9 Å². The highest BCUT2D eigenvalue weighted by molar-refractivity contribution is 5.96. The molecule has 1 aromatic rings. The second kappa shape index (κ2) is 10.9. The number of carbonyl (C=O) groups is 2. The van der Waals surface area contributed by atoms with Crippen LogP contribution in [0.3, 0.4) is 0 Å². The molecule has 0 spiro atoms. The summed E-state index contributed by atoms with van der Waals surface area (Å²) in [6.45, 7) is 11.4. The molecule has 0 fully saturated rings. The van der Waals surface area contributed by atoms with Crippen LogP contribution in [-0.4, -0.2) is 36.7 Å². The van der Waals surface area contributed by atoms with Gasteiger partial charge in [-0.2, -0.15) is 0 Å². The molecule has 0 aliphatic rings. The van der Waals surface area contributed by atoms with E-state index in [0.29, 0.717) is 43.7 Å². The Morgan fingerprint density at radius 1 is 0.880 bits per heavy atom. The fourth-order valence-corrected chi connectivity index (χ4v) is 2.81. The number of benzene rings is 1. The molecule has 0 N–H and O–H groups in total. The Hall–Kier alpha value is -1.88. The van der Waals surface area contributed by atoms with E-state index in [9.17, 15) is 9.59 Å². The second-order valence-corrected chi connectivity index (χ2v) is 5.88. The highest BCUT2D eigenvalue weighted by Gasteiger charge is 2.22. The Morgan fingerprint density at radius 2 is 1.40 bits per heavy atom. The molecular formula is C20H31NO4. The largest absolute Gasteiger partial charge is 0.462 e. The molecule has 5 nitrogen and oxygen atoms in total. The van der Waals surface area contributed by atoms with Crippen LogP contribution in [0.25, 0.3) is 0 Å². The van der Waals surface area contributed by atoms with Gasteiger partial charge in [0, 0.05) is 13.1 Å². The second-order valence-electron chi connectivity index (χ2n) is 5.88. The van der Waals surface area contributed by atoms with E-state index in [0.717, 1.165) is 24.0 Å². The molecule has 0 aliphatic carbocycles. The Labute approximate surface area is 151 Å². The summed E-state index contributed by atoms with van der Waals surface area (Å²) in [4.78, 5) is 30.5. The molecule has 1 aromatic carbocycles. The number of esters is 1. The number of carbonyl (C=O) groups excluding carboxylic acids is 2. The smallest absolute Gasteiger partial charge is 0.357 e. The predicted molar refractivity (Wildman–Crippen MR) is 98.7 cm³/mol. The summed E-state index contributed by atoms with van der Waals surface area (Å²) in [5.74, 6) is -0.688. The minimum Gasteiger partial charge on any atom is -0.462 e. The van der Waals surface area contributed by atoms with Crippen LogP contribution in [0.4, 0.5) is 0 Å². The van der Waals surface area contributed by atoms with Gasteiger partial charge in [0.2, 0.25) is 0 Å². The van der Waals surface area contributed by atoms with Crippen molar-refractivity contribution < 1.29 is 19.2 Å². The van der Waals surface area contributed by atoms with Gasteiger partial charge >= 0.3 is 11.9 Å². The molecule has 0 saturated carbocycles. The van der Waals surface area contributed by atoms with E-state index in [1.807, 2.05) is 13.8 Å². The number of nitrogens with zero attached hydrogens (tertiary/aromatic N) is 1. The van der Waals surface area contributed by atoms with Gasteiger partial charge < -0.3 is 9.57 Å². The summed E-state index contributed by atoms with van der Waals surface area (Å²) in [7, 11) is 0. The third kappa shape index (κ3) is 5.85. The topological polar surface area (TPSA) is 55.8 Å². The van der Waals surface area contributed by atoms with E-state index >= 15 is 0 Å².